The van der Waals surface area contributed by atoms with Gasteiger partial charge in [-0.15, -0.1) is 0 Å². The molecule has 6 nitrogen and oxygen atoms in total. The van der Waals surface area contributed by atoms with E-state index in [2.05, 4.69) is 23.3 Å². The lowest BCUT2D eigenvalue weighted by molar-refractivity contribution is 0.00476. The molecule has 1 aliphatic carbocycles. The Hall–Kier alpha value is -2.08. The zero-order chi connectivity index (χ0) is 16.5. The lowest BCUT2D eigenvalue weighted by Gasteiger charge is -2.35. The van der Waals surface area contributed by atoms with Gasteiger partial charge in [-0.25, -0.2) is 9.78 Å². The van der Waals surface area contributed by atoms with Crippen LogP contribution in [0.2, 0.25) is 0 Å². The average Bonchev–Trinajstić information content (AvgIpc) is 3.35. The Kier molecular flexibility index (Phi) is 4.14. The fraction of sp³-hybridized carbons (Fsp3) is 0.556. The molecule has 1 saturated heterocycles. The minimum Gasteiger partial charge on any atom is -0.377 e. The Morgan fingerprint density at radius 2 is 2.33 bits per heavy atom. The van der Waals surface area contributed by atoms with Gasteiger partial charge in [0.1, 0.15) is 5.65 Å². The van der Waals surface area contributed by atoms with Crippen LogP contribution >= 0.6 is 0 Å². The average molecular weight is 328 g/mol. The Morgan fingerprint density at radius 3 is 3.12 bits per heavy atom. The Balaban J connectivity index is 1.34. The highest BCUT2D eigenvalue weighted by molar-refractivity contribution is 5.74. The number of nitrogens with one attached hydrogen (secondary N) is 1. The number of hydrogen-bond acceptors (Lipinski definition) is 3. The zero-order valence-corrected chi connectivity index (χ0v) is 14.1. The van der Waals surface area contributed by atoms with E-state index in [1.165, 1.54) is 12.8 Å². The van der Waals surface area contributed by atoms with Gasteiger partial charge in [0.2, 0.25) is 0 Å². The standard InChI is InChI=1S/C18H24N4O2/c1-13-3-2-8-21-11-15(20-17(13)21)6-7-19-18(23)22-9-10-24-12-16(22)14-4-5-14/h2-3,8,11,14,16H,4-7,9-10,12H2,1H3,(H,19,23). The van der Waals surface area contributed by atoms with Gasteiger partial charge in [-0.2, -0.15) is 0 Å². The molecule has 3 heterocycles. The van der Waals surface area contributed by atoms with Crippen molar-refractivity contribution in [3.63, 3.8) is 0 Å². The van der Waals surface area contributed by atoms with E-state index in [9.17, 15) is 4.79 Å². The number of fused-ring (bicyclic) bond motifs is 1. The molecule has 2 amide bonds. The third-order valence-corrected chi connectivity index (χ3v) is 4.98. The van der Waals surface area contributed by atoms with Crippen molar-refractivity contribution >= 4 is 11.7 Å². The van der Waals surface area contributed by atoms with E-state index in [-0.39, 0.29) is 12.1 Å². The molecule has 6 heteroatoms. The summed E-state index contributed by atoms with van der Waals surface area (Å²) in [7, 11) is 0. The summed E-state index contributed by atoms with van der Waals surface area (Å²) in [6.45, 7) is 4.69. The van der Waals surface area contributed by atoms with Crippen molar-refractivity contribution in [1.29, 1.82) is 0 Å². The number of aryl methyl sites for hydroxylation is 1. The molecule has 1 atom stereocenters. The third-order valence-electron chi connectivity index (χ3n) is 4.98. The van der Waals surface area contributed by atoms with E-state index in [1.54, 1.807) is 0 Å². The second-order valence-electron chi connectivity index (χ2n) is 6.81. The van der Waals surface area contributed by atoms with Crippen molar-refractivity contribution in [1.82, 2.24) is 19.6 Å². The van der Waals surface area contributed by atoms with Crippen molar-refractivity contribution in [3.05, 3.63) is 35.8 Å². The molecule has 2 aliphatic rings. The largest absolute Gasteiger partial charge is 0.377 e. The van der Waals surface area contributed by atoms with Crippen molar-refractivity contribution < 1.29 is 9.53 Å². The quantitative estimate of drug-likeness (QED) is 0.934. The van der Waals surface area contributed by atoms with Crippen LogP contribution in [0, 0.1) is 12.8 Å². The van der Waals surface area contributed by atoms with E-state index >= 15 is 0 Å². The molecule has 128 valence electrons. The number of pyridine rings is 1. The molecule has 2 aromatic heterocycles. The predicted octanol–water partition coefficient (Wildman–Crippen LogP) is 2.01. The maximum Gasteiger partial charge on any atom is 0.317 e. The van der Waals surface area contributed by atoms with Crippen LogP contribution in [-0.4, -0.2) is 52.7 Å². The van der Waals surface area contributed by atoms with Gasteiger partial charge in [-0.1, -0.05) is 6.07 Å². The minimum atomic E-state index is 0.0372. The second-order valence-corrected chi connectivity index (χ2v) is 6.81. The van der Waals surface area contributed by atoms with E-state index in [0.717, 1.165) is 23.3 Å². The number of hydrogen-bond donors (Lipinski definition) is 1. The molecule has 1 aliphatic heterocycles. The number of imidazole rings is 1. The summed E-state index contributed by atoms with van der Waals surface area (Å²) in [5.74, 6) is 0.637. The number of carbonyl (C=O) groups excluding carboxylic acids is 1. The van der Waals surface area contributed by atoms with Crippen molar-refractivity contribution in [2.75, 3.05) is 26.3 Å². The van der Waals surface area contributed by atoms with Gasteiger partial charge in [0, 0.05) is 31.9 Å². The molecular formula is C18H24N4O2. The molecule has 0 radical (unpaired) electrons. The lowest BCUT2D eigenvalue weighted by atomic mass is 10.1. The molecule has 0 spiro atoms. The Bertz CT molecular complexity index is 738. The van der Waals surface area contributed by atoms with Crippen LogP contribution in [0.4, 0.5) is 4.79 Å². The summed E-state index contributed by atoms with van der Waals surface area (Å²) in [6, 6.07) is 4.38. The molecule has 0 bridgehead atoms. The highest BCUT2D eigenvalue weighted by atomic mass is 16.5. The number of urea groups is 1. The van der Waals surface area contributed by atoms with Crippen molar-refractivity contribution in [2.24, 2.45) is 5.92 Å². The number of morpholine rings is 1. The van der Waals surface area contributed by atoms with Crippen molar-refractivity contribution in [2.45, 2.75) is 32.2 Å². The van der Waals surface area contributed by atoms with E-state index in [0.29, 0.717) is 32.2 Å². The number of nitrogens with zero attached hydrogens (tertiary/aromatic N) is 3. The molecule has 2 fully saturated rings. The first-order valence-corrected chi connectivity index (χ1v) is 8.78. The maximum atomic E-state index is 12.5. The normalized spacial score (nSPS) is 21.2. The topological polar surface area (TPSA) is 58.9 Å². The molecule has 1 N–H and O–H groups in total. The van der Waals surface area contributed by atoms with Crippen LogP contribution in [0.15, 0.2) is 24.5 Å². The zero-order valence-electron chi connectivity index (χ0n) is 14.1. The fourth-order valence-corrected chi connectivity index (χ4v) is 3.47. The fourth-order valence-electron chi connectivity index (χ4n) is 3.47. The van der Waals surface area contributed by atoms with Gasteiger partial charge in [0.25, 0.3) is 0 Å². The van der Waals surface area contributed by atoms with E-state index in [1.807, 2.05) is 27.8 Å². The number of amides is 2. The number of ether oxygens (including phenoxy) is 1. The molecule has 4 rings (SSSR count). The third kappa shape index (κ3) is 3.11. The number of rotatable bonds is 4. The first-order valence-electron chi connectivity index (χ1n) is 8.78. The first-order chi connectivity index (χ1) is 11.7. The molecule has 1 unspecified atom stereocenters. The Morgan fingerprint density at radius 1 is 1.46 bits per heavy atom. The minimum absolute atomic E-state index is 0.0372. The van der Waals surface area contributed by atoms with Crippen LogP contribution in [0.25, 0.3) is 5.65 Å². The summed E-state index contributed by atoms with van der Waals surface area (Å²) in [5, 5.41) is 3.05. The number of carbonyl (C=O) groups is 1. The SMILES string of the molecule is Cc1cccn2cc(CCNC(=O)N3CCOCC3C3CC3)nc12. The summed E-state index contributed by atoms with van der Waals surface area (Å²) in [5.41, 5.74) is 3.15. The highest BCUT2D eigenvalue weighted by Gasteiger charge is 2.39. The van der Waals surface area contributed by atoms with Gasteiger partial charge in [0.15, 0.2) is 0 Å². The summed E-state index contributed by atoms with van der Waals surface area (Å²) in [6.07, 6.45) is 7.23. The maximum absolute atomic E-state index is 12.5. The van der Waals surface area contributed by atoms with Crippen LogP contribution < -0.4 is 5.32 Å². The van der Waals surface area contributed by atoms with Crippen LogP contribution in [0.5, 0.6) is 0 Å². The Labute approximate surface area is 141 Å². The van der Waals surface area contributed by atoms with Gasteiger partial charge >= 0.3 is 6.03 Å². The van der Waals surface area contributed by atoms with E-state index < -0.39 is 0 Å². The highest BCUT2D eigenvalue weighted by Crippen LogP contribution is 2.36. The van der Waals surface area contributed by atoms with Gasteiger partial charge < -0.3 is 19.4 Å². The van der Waals surface area contributed by atoms with Gasteiger partial charge in [-0.3, -0.25) is 0 Å². The molecule has 1 saturated carbocycles. The summed E-state index contributed by atoms with van der Waals surface area (Å²) >= 11 is 0. The van der Waals surface area contributed by atoms with Crippen LogP contribution in [0.3, 0.4) is 0 Å². The van der Waals surface area contributed by atoms with Crippen LogP contribution in [-0.2, 0) is 11.2 Å². The second kappa shape index (κ2) is 6.43. The molecule has 2 aromatic rings. The molecule has 0 aromatic carbocycles. The molecule has 24 heavy (non-hydrogen) atoms. The predicted molar refractivity (Wildman–Crippen MR) is 91.1 cm³/mol. The van der Waals surface area contributed by atoms with E-state index in [4.69, 9.17) is 4.74 Å². The summed E-state index contributed by atoms with van der Waals surface area (Å²) < 4.78 is 7.59. The van der Waals surface area contributed by atoms with Crippen LogP contribution in [0.1, 0.15) is 24.1 Å². The first kappa shape index (κ1) is 15.4. The monoisotopic (exact) mass is 328 g/mol. The smallest absolute Gasteiger partial charge is 0.317 e. The van der Waals surface area contributed by atoms with Gasteiger partial charge in [-0.05, 0) is 37.3 Å². The number of aromatic nitrogens is 2. The van der Waals surface area contributed by atoms with Crippen molar-refractivity contribution in [3.8, 4) is 0 Å². The lowest BCUT2D eigenvalue weighted by Crippen LogP contribution is -2.53. The van der Waals surface area contributed by atoms with Gasteiger partial charge in [0.05, 0.1) is 24.9 Å². The summed E-state index contributed by atoms with van der Waals surface area (Å²) in [4.78, 5) is 19.1. The molecular weight excluding hydrogens is 304 g/mol.